The highest BCUT2D eigenvalue weighted by Crippen LogP contribution is 2.10. The van der Waals surface area contributed by atoms with E-state index in [-0.39, 0.29) is 12.1 Å². The summed E-state index contributed by atoms with van der Waals surface area (Å²) >= 11 is 0. The molecule has 20 heavy (non-hydrogen) atoms. The van der Waals surface area contributed by atoms with Crippen LogP contribution in [0.4, 0.5) is 23.7 Å². The van der Waals surface area contributed by atoms with Gasteiger partial charge < -0.3 is 10.6 Å². The number of hydrogen-bond acceptors (Lipinski definition) is 1. The maximum atomic E-state index is 13.3. The molecule has 0 saturated carbocycles. The predicted molar refractivity (Wildman–Crippen MR) is 68.6 cm³/mol. The van der Waals surface area contributed by atoms with Gasteiger partial charge in [-0.3, -0.25) is 0 Å². The summed E-state index contributed by atoms with van der Waals surface area (Å²) in [5.41, 5.74) is 0.573. The van der Waals surface area contributed by atoms with Crippen LogP contribution in [0.5, 0.6) is 0 Å². The second-order valence-electron chi connectivity index (χ2n) is 4.05. The van der Waals surface area contributed by atoms with Crippen LogP contribution >= 0.6 is 0 Å². The zero-order chi connectivity index (χ0) is 14.5. The van der Waals surface area contributed by atoms with Gasteiger partial charge in [-0.05, 0) is 30.3 Å². The Morgan fingerprint density at radius 1 is 0.950 bits per heavy atom. The Bertz CT molecular complexity index is 614. The van der Waals surface area contributed by atoms with Crippen molar-refractivity contribution in [3.8, 4) is 0 Å². The molecule has 0 spiro atoms. The molecule has 0 bridgehead atoms. The first-order chi connectivity index (χ1) is 9.54. The summed E-state index contributed by atoms with van der Waals surface area (Å²) in [5.74, 6) is -1.82. The van der Waals surface area contributed by atoms with Crippen molar-refractivity contribution in [2.75, 3.05) is 5.32 Å². The molecule has 0 aromatic heterocycles. The van der Waals surface area contributed by atoms with Crippen molar-refractivity contribution >= 4 is 11.7 Å². The van der Waals surface area contributed by atoms with Gasteiger partial charge >= 0.3 is 6.03 Å². The van der Waals surface area contributed by atoms with Crippen molar-refractivity contribution in [3.05, 3.63) is 65.5 Å². The van der Waals surface area contributed by atoms with Gasteiger partial charge in [0.25, 0.3) is 0 Å². The Kier molecular flexibility index (Phi) is 4.24. The molecule has 2 rings (SSSR count). The molecule has 0 unspecified atom stereocenters. The highest BCUT2D eigenvalue weighted by atomic mass is 19.1. The first kappa shape index (κ1) is 13.9. The number of carbonyl (C=O) groups is 1. The van der Waals surface area contributed by atoms with E-state index < -0.39 is 23.5 Å². The summed E-state index contributed by atoms with van der Waals surface area (Å²) in [4.78, 5) is 11.5. The summed E-state index contributed by atoms with van der Waals surface area (Å²) in [7, 11) is 0. The van der Waals surface area contributed by atoms with Gasteiger partial charge in [0.1, 0.15) is 17.5 Å². The molecule has 0 aliphatic rings. The standard InChI is InChI=1S/C14H11F3N2O/c15-10-3-5-12(6-4-10)19-14(20)18-8-9-1-2-11(16)7-13(9)17/h1-7H,8H2,(H2,18,19,20). The first-order valence-electron chi connectivity index (χ1n) is 5.79. The first-order valence-corrected chi connectivity index (χ1v) is 5.79. The van der Waals surface area contributed by atoms with E-state index in [1.807, 2.05) is 0 Å². The molecule has 0 atom stereocenters. The van der Waals surface area contributed by atoms with Crippen molar-refractivity contribution in [1.82, 2.24) is 5.32 Å². The molecule has 2 aromatic rings. The quantitative estimate of drug-likeness (QED) is 0.888. The fourth-order valence-electron chi connectivity index (χ4n) is 1.55. The zero-order valence-corrected chi connectivity index (χ0v) is 10.3. The van der Waals surface area contributed by atoms with Gasteiger partial charge in [0.05, 0.1) is 0 Å². The third-order valence-electron chi connectivity index (χ3n) is 2.56. The van der Waals surface area contributed by atoms with Gasteiger partial charge in [0, 0.05) is 23.9 Å². The molecule has 0 saturated heterocycles. The minimum atomic E-state index is -0.730. The minimum absolute atomic E-state index is 0.0842. The number of benzene rings is 2. The molecule has 0 radical (unpaired) electrons. The monoisotopic (exact) mass is 280 g/mol. The molecule has 0 aliphatic carbocycles. The molecule has 2 N–H and O–H groups in total. The van der Waals surface area contributed by atoms with Crippen LogP contribution in [0.3, 0.4) is 0 Å². The van der Waals surface area contributed by atoms with Crippen LogP contribution in [0.25, 0.3) is 0 Å². The third-order valence-corrected chi connectivity index (χ3v) is 2.56. The second kappa shape index (κ2) is 6.10. The molecule has 0 aliphatic heterocycles. The highest BCUT2D eigenvalue weighted by Gasteiger charge is 2.06. The summed E-state index contributed by atoms with van der Waals surface area (Å²) in [5, 5.41) is 4.87. The summed E-state index contributed by atoms with van der Waals surface area (Å²) in [6, 6.07) is 7.74. The molecule has 2 aromatic carbocycles. The van der Waals surface area contributed by atoms with Crippen molar-refractivity contribution in [2.24, 2.45) is 0 Å². The van der Waals surface area contributed by atoms with E-state index in [1.54, 1.807) is 0 Å². The number of nitrogens with one attached hydrogen (secondary N) is 2. The van der Waals surface area contributed by atoms with Crippen LogP contribution < -0.4 is 10.6 Å². The lowest BCUT2D eigenvalue weighted by Gasteiger charge is -2.08. The molecule has 0 heterocycles. The van der Waals surface area contributed by atoms with E-state index in [0.717, 1.165) is 12.1 Å². The Balaban J connectivity index is 1.90. The number of halogens is 3. The smallest absolute Gasteiger partial charge is 0.319 e. The van der Waals surface area contributed by atoms with Gasteiger partial charge in [-0.25, -0.2) is 18.0 Å². The lowest BCUT2D eigenvalue weighted by Crippen LogP contribution is -2.28. The molecule has 104 valence electrons. The molecule has 6 heteroatoms. The van der Waals surface area contributed by atoms with Crippen molar-refractivity contribution in [1.29, 1.82) is 0 Å². The largest absolute Gasteiger partial charge is 0.334 e. The van der Waals surface area contributed by atoms with Crippen molar-refractivity contribution in [3.63, 3.8) is 0 Å². The van der Waals surface area contributed by atoms with Crippen LogP contribution in [0.15, 0.2) is 42.5 Å². The maximum absolute atomic E-state index is 13.3. The predicted octanol–water partition coefficient (Wildman–Crippen LogP) is 3.43. The van der Waals surface area contributed by atoms with E-state index in [0.29, 0.717) is 5.69 Å². The molecule has 3 nitrogen and oxygen atoms in total. The number of anilines is 1. The number of carbonyl (C=O) groups excluding carboxylic acids is 1. The minimum Gasteiger partial charge on any atom is -0.334 e. The van der Waals surface area contributed by atoms with Crippen molar-refractivity contribution in [2.45, 2.75) is 6.54 Å². The molecular formula is C14H11F3N2O. The summed E-state index contributed by atoms with van der Waals surface area (Å²) in [6.07, 6.45) is 0. The number of urea groups is 1. The van der Waals surface area contributed by atoms with Gasteiger partial charge in [-0.1, -0.05) is 6.07 Å². The SMILES string of the molecule is O=C(NCc1ccc(F)cc1F)Nc1ccc(F)cc1. The van der Waals surface area contributed by atoms with Crippen LogP contribution in [0, 0.1) is 17.5 Å². The fraction of sp³-hybridized carbons (Fsp3) is 0.0714. The van der Waals surface area contributed by atoms with Gasteiger partial charge in [-0.2, -0.15) is 0 Å². The van der Waals surface area contributed by atoms with E-state index in [9.17, 15) is 18.0 Å². The van der Waals surface area contributed by atoms with Crippen LogP contribution in [-0.4, -0.2) is 6.03 Å². The van der Waals surface area contributed by atoms with Crippen LogP contribution in [0.1, 0.15) is 5.56 Å². The zero-order valence-electron chi connectivity index (χ0n) is 10.3. The molecular weight excluding hydrogens is 269 g/mol. The number of hydrogen-bond donors (Lipinski definition) is 2. The van der Waals surface area contributed by atoms with Crippen LogP contribution in [-0.2, 0) is 6.54 Å². The van der Waals surface area contributed by atoms with E-state index >= 15 is 0 Å². The maximum Gasteiger partial charge on any atom is 0.319 e. The van der Waals surface area contributed by atoms with E-state index in [1.165, 1.54) is 30.3 Å². The van der Waals surface area contributed by atoms with E-state index in [2.05, 4.69) is 10.6 Å². The average Bonchev–Trinajstić information content (AvgIpc) is 2.40. The molecule has 2 amide bonds. The fourth-order valence-corrected chi connectivity index (χ4v) is 1.55. The Morgan fingerprint density at radius 2 is 1.60 bits per heavy atom. The van der Waals surface area contributed by atoms with Gasteiger partial charge in [0.2, 0.25) is 0 Å². The molecule has 0 fully saturated rings. The normalized spacial score (nSPS) is 10.2. The van der Waals surface area contributed by atoms with Gasteiger partial charge in [-0.15, -0.1) is 0 Å². The summed E-state index contributed by atoms with van der Waals surface area (Å²) < 4.78 is 38.7. The average molecular weight is 280 g/mol. The van der Waals surface area contributed by atoms with E-state index in [4.69, 9.17) is 0 Å². The highest BCUT2D eigenvalue weighted by molar-refractivity contribution is 5.89. The Labute approximate surface area is 113 Å². The third kappa shape index (κ3) is 3.74. The Morgan fingerprint density at radius 3 is 2.25 bits per heavy atom. The van der Waals surface area contributed by atoms with Crippen LogP contribution in [0.2, 0.25) is 0 Å². The number of amides is 2. The topological polar surface area (TPSA) is 41.1 Å². The van der Waals surface area contributed by atoms with Gasteiger partial charge in [0.15, 0.2) is 0 Å². The number of rotatable bonds is 3. The lowest BCUT2D eigenvalue weighted by molar-refractivity contribution is 0.251. The van der Waals surface area contributed by atoms with Crippen molar-refractivity contribution < 1.29 is 18.0 Å². The lowest BCUT2D eigenvalue weighted by atomic mass is 10.2. The second-order valence-corrected chi connectivity index (χ2v) is 4.05. The Hall–Kier alpha value is -2.50. The summed E-state index contributed by atoms with van der Waals surface area (Å²) in [6.45, 7) is -0.0842.